The molecule has 0 atom stereocenters. The van der Waals surface area contributed by atoms with Crippen LogP contribution in [0.2, 0.25) is 0 Å². The van der Waals surface area contributed by atoms with Gasteiger partial charge in [-0.3, -0.25) is 0 Å². The molecule has 0 saturated carbocycles. The molecular weight excluding hydrogens is 379 g/mol. The van der Waals surface area contributed by atoms with E-state index in [-0.39, 0.29) is 6.61 Å². The summed E-state index contributed by atoms with van der Waals surface area (Å²) in [4.78, 5) is 13.0. The Morgan fingerprint density at radius 1 is 1.03 bits per heavy atom. The van der Waals surface area contributed by atoms with Crippen LogP contribution in [0.3, 0.4) is 0 Å². The molecule has 0 amide bonds. The van der Waals surface area contributed by atoms with Crippen LogP contribution in [-0.2, 0) is 33.5 Å². The van der Waals surface area contributed by atoms with E-state index in [0.29, 0.717) is 11.3 Å². The van der Waals surface area contributed by atoms with Gasteiger partial charge in [-0.05, 0) is 75.2 Å². The summed E-state index contributed by atoms with van der Waals surface area (Å²) in [6, 6.07) is 11.5. The van der Waals surface area contributed by atoms with Crippen molar-refractivity contribution in [1.29, 1.82) is 0 Å². The van der Waals surface area contributed by atoms with E-state index in [9.17, 15) is 4.79 Å². The van der Waals surface area contributed by atoms with Crippen molar-refractivity contribution in [1.82, 2.24) is 0 Å². The van der Waals surface area contributed by atoms with Crippen LogP contribution >= 0.6 is 0 Å². The van der Waals surface area contributed by atoms with Crippen LogP contribution < -0.4 is 10.2 Å². The Balaban J connectivity index is 1.69. The molecule has 0 bridgehead atoms. The molecule has 0 aromatic heterocycles. The van der Waals surface area contributed by atoms with Crippen LogP contribution in [0.15, 0.2) is 36.4 Å². The second-order valence-electron chi connectivity index (χ2n) is 9.01. The minimum atomic E-state index is -0.520. The first kappa shape index (κ1) is 20.9. The molecule has 2 aromatic carbocycles. The number of carbonyl (C=O) groups is 1. The maximum absolute atomic E-state index is 13.0. The number of carbonyl (C=O) groups excluding carboxylic acids is 1. The van der Waals surface area contributed by atoms with Gasteiger partial charge in [-0.25, -0.2) is 4.79 Å². The van der Waals surface area contributed by atoms with Crippen LogP contribution in [0.25, 0.3) is 0 Å². The average Bonchev–Trinajstić information content (AvgIpc) is 3.27. The topological polar surface area (TPSA) is 54.0 Å². The summed E-state index contributed by atoms with van der Waals surface area (Å²) in [5.74, 6) is 0.212. The standard InChI is InChI=1S/C24H29BO5/c1-23(2)24(3,4)30-25(29-23)20-14-19(21(27-5)18-13-9-12-17(18)20)22(26)28-15-16-10-7-6-8-11-16/h6-8,10-11,14H,9,12-13,15H2,1-5H3. The number of benzene rings is 2. The van der Waals surface area contributed by atoms with Gasteiger partial charge in [0.05, 0.1) is 18.3 Å². The Kier molecular flexibility index (Phi) is 5.41. The summed E-state index contributed by atoms with van der Waals surface area (Å²) in [6.07, 6.45) is 2.80. The van der Waals surface area contributed by atoms with E-state index in [2.05, 4.69) is 0 Å². The molecule has 0 radical (unpaired) electrons. The first-order valence-electron chi connectivity index (χ1n) is 10.5. The van der Waals surface area contributed by atoms with Gasteiger partial charge < -0.3 is 18.8 Å². The van der Waals surface area contributed by atoms with Gasteiger partial charge in [-0.1, -0.05) is 30.3 Å². The quantitative estimate of drug-likeness (QED) is 0.556. The first-order valence-corrected chi connectivity index (χ1v) is 10.5. The fourth-order valence-electron chi connectivity index (χ4n) is 4.15. The normalized spacial score (nSPS) is 18.9. The molecule has 6 heteroatoms. The highest BCUT2D eigenvalue weighted by Gasteiger charge is 2.52. The van der Waals surface area contributed by atoms with E-state index in [0.717, 1.165) is 35.9 Å². The van der Waals surface area contributed by atoms with Crippen LogP contribution in [0.5, 0.6) is 5.75 Å². The third kappa shape index (κ3) is 3.63. The van der Waals surface area contributed by atoms with Crippen molar-refractivity contribution in [2.75, 3.05) is 7.11 Å². The number of fused-ring (bicyclic) bond motifs is 1. The van der Waals surface area contributed by atoms with E-state index in [1.54, 1.807) is 7.11 Å². The zero-order valence-electron chi connectivity index (χ0n) is 18.4. The van der Waals surface area contributed by atoms with E-state index in [4.69, 9.17) is 18.8 Å². The molecule has 4 rings (SSSR count). The zero-order chi connectivity index (χ0) is 21.5. The molecule has 2 aromatic rings. The van der Waals surface area contributed by atoms with E-state index in [1.807, 2.05) is 64.1 Å². The number of methoxy groups -OCH3 is 1. The minimum Gasteiger partial charge on any atom is -0.496 e. The number of hydrogen-bond acceptors (Lipinski definition) is 5. The number of hydrogen-bond donors (Lipinski definition) is 0. The molecule has 0 unspecified atom stereocenters. The van der Waals surface area contributed by atoms with Gasteiger partial charge in [0.15, 0.2) is 0 Å². The molecule has 1 heterocycles. The van der Waals surface area contributed by atoms with Crippen molar-refractivity contribution in [3.8, 4) is 5.75 Å². The average molecular weight is 408 g/mol. The number of rotatable bonds is 5. The molecular formula is C24H29BO5. The Morgan fingerprint density at radius 2 is 1.67 bits per heavy atom. The molecule has 0 spiro atoms. The van der Waals surface area contributed by atoms with Crippen molar-refractivity contribution in [2.45, 2.75) is 64.8 Å². The maximum atomic E-state index is 13.0. The lowest BCUT2D eigenvalue weighted by Gasteiger charge is -2.32. The number of ether oxygens (including phenoxy) is 2. The summed E-state index contributed by atoms with van der Waals surface area (Å²) in [6.45, 7) is 8.35. The highest BCUT2D eigenvalue weighted by Crippen LogP contribution is 2.39. The van der Waals surface area contributed by atoms with E-state index >= 15 is 0 Å². The highest BCUT2D eigenvalue weighted by molar-refractivity contribution is 6.63. The smallest absolute Gasteiger partial charge is 0.495 e. The lowest BCUT2D eigenvalue weighted by atomic mass is 9.74. The molecule has 2 aliphatic rings. The molecule has 1 aliphatic heterocycles. The maximum Gasteiger partial charge on any atom is 0.495 e. The second-order valence-corrected chi connectivity index (χ2v) is 9.01. The van der Waals surface area contributed by atoms with Gasteiger partial charge in [-0.15, -0.1) is 0 Å². The third-order valence-electron chi connectivity index (χ3n) is 6.53. The lowest BCUT2D eigenvalue weighted by Crippen LogP contribution is -2.41. The Bertz CT molecular complexity index is 936. The Morgan fingerprint density at radius 3 is 2.30 bits per heavy atom. The Hall–Kier alpha value is -2.31. The molecule has 1 aliphatic carbocycles. The second kappa shape index (κ2) is 7.75. The van der Waals surface area contributed by atoms with Gasteiger partial charge in [0.1, 0.15) is 17.9 Å². The van der Waals surface area contributed by atoms with Gasteiger partial charge in [0, 0.05) is 0 Å². The fourth-order valence-corrected chi connectivity index (χ4v) is 4.15. The fraction of sp³-hybridized carbons (Fsp3) is 0.458. The van der Waals surface area contributed by atoms with Gasteiger partial charge >= 0.3 is 13.1 Å². The molecule has 158 valence electrons. The highest BCUT2D eigenvalue weighted by atomic mass is 16.7. The largest absolute Gasteiger partial charge is 0.496 e. The van der Waals surface area contributed by atoms with Crippen LogP contribution in [0, 0.1) is 0 Å². The predicted molar refractivity (Wildman–Crippen MR) is 116 cm³/mol. The summed E-state index contributed by atoms with van der Waals surface area (Å²) < 4.78 is 23.9. The lowest BCUT2D eigenvalue weighted by molar-refractivity contribution is 0.00578. The molecule has 5 nitrogen and oxygen atoms in total. The van der Waals surface area contributed by atoms with E-state index < -0.39 is 24.3 Å². The van der Waals surface area contributed by atoms with Crippen LogP contribution in [0.1, 0.15) is 61.2 Å². The Labute approximate surface area is 178 Å². The molecule has 30 heavy (non-hydrogen) atoms. The van der Waals surface area contributed by atoms with E-state index in [1.165, 1.54) is 5.56 Å². The van der Waals surface area contributed by atoms with Crippen LogP contribution in [0.4, 0.5) is 0 Å². The SMILES string of the molecule is COc1c(C(=O)OCc2ccccc2)cc(B2OC(C)(C)C(C)(C)O2)c2c1CCC2. The van der Waals surface area contributed by atoms with Gasteiger partial charge in [0.2, 0.25) is 0 Å². The van der Waals surface area contributed by atoms with Crippen LogP contribution in [-0.4, -0.2) is 31.4 Å². The zero-order valence-corrected chi connectivity index (χ0v) is 18.4. The first-order chi connectivity index (χ1) is 14.2. The van der Waals surface area contributed by atoms with Gasteiger partial charge in [-0.2, -0.15) is 0 Å². The molecule has 1 saturated heterocycles. The monoisotopic (exact) mass is 408 g/mol. The summed E-state index contributed by atoms with van der Waals surface area (Å²) >= 11 is 0. The number of esters is 1. The van der Waals surface area contributed by atoms with Crippen molar-refractivity contribution in [3.63, 3.8) is 0 Å². The van der Waals surface area contributed by atoms with Crippen molar-refractivity contribution in [2.24, 2.45) is 0 Å². The summed E-state index contributed by atoms with van der Waals surface area (Å²) in [5, 5.41) is 0. The minimum absolute atomic E-state index is 0.214. The summed E-state index contributed by atoms with van der Waals surface area (Å²) in [5.41, 5.74) is 3.62. The third-order valence-corrected chi connectivity index (χ3v) is 6.53. The molecule has 0 N–H and O–H groups in total. The van der Waals surface area contributed by atoms with Gasteiger partial charge in [0.25, 0.3) is 0 Å². The van der Waals surface area contributed by atoms with Crippen molar-refractivity contribution < 1.29 is 23.6 Å². The molecule has 1 fully saturated rings. The predicted octanol–water partition coefficient (Wildman–Crippen LogP) is 3.84. The van der Waals surface area contributed by atoms with Crippen molar-refractivity contribution in [3.05, 3.63) is 58.7 Å². The van der Waals surface area contributed by atoms with Crippen molar-refractivity contribution >= 4 is 18.6 Å². The summed E-state index contributed by atoms with van der Waals surface area (Å²) in [7, 11) is 1.09.